The molecule has 0 aliphatic carbocycles. The summed E-state index contributed by atoms with van der Waals surface area (Å²) in [5.74, 6) is 0.430. The maximum absolute atomic E-state index is 10.6. The van der Waals surface area contributed by atoms with Crippen molar-refractivity contribution in [2.75, 3.05) is 13.6 Å². The van der Waals surface area contributed by atoms with E-state index in [4.69, 9.17) is 0 Å². The van der Waals surface area contributed by atoms with Gasteiger partial charge in [-0.15, -0.1) is 0 Å². The van der Waals surface area contributed by atoms with Crippen LogP contribution in [0.4, 0.5) is 0 Å². The van der Waals surface area contributed by atoms with Gasteiger partial charge in [0.25, 0.3) is 0 Å². The van der Waals surface area contributed by atoms with Crippen LogP contribution in [0.2, 0.25) is 0 Å². The fourth-order valence-corrected chi connectivity index (χ4v) is 5.44. The van der Waals surface area contributed by atoms with E-state index in [1.54, 1.807) is 0 Å². The van der Waals surface area contributed by atoms with Crippen molar-refractivity contribution in [1.29, 1.82) is 0 Å². The topological polar surface area (TPSA) is 23.5 Å². The van der Waals surface area contributed by atoms with Gasteiger partial charge in [0.2, 0.25) is 0 Å². The highest BCUT2D eigenvalue weighted by atomic mass is 31.1. The zero-order valence-corrected chi connectivity index (χ0v) is 18.2. The molecule has 0 aromatic heterocycles. The van der Waals surface area contributed by atoms with E-state index < -0.39 is 0 Å². The molecule has 2 aromatic rings. The van der Waals surface area contributed by atoms with Gasteiger partial charge in [-0.05, 0) is 56.4 Å². The summed E-state index contributed by atoms with van der Waals surface area (Å²) in [6.45, 7) is 13.1. The fourth-order valence-electron chi connectivity index (χ4n) is 3.57. The van der Waals surface area contributed by atoms with Crippen molar-refractivity contribution in [3.8, 4) is 5.75 Å². The van der Waals surface area contributed by atoms with Crippen LogP contribution < -0.4 is 5.30 Å². The summed E-state index contributed by atoms with van der Waals surface area (Å²) in [6.07, 6.45) is 2.17. The Balaban J connectivity index is 2.49. The van der Waals surface area contributed by atoms with Crippen LogP contribution in [-0.4, -0.2) is 23.6 Å². The molecule has 26 heavy (non-hydrogen) atoms. The molecule has 0 heterocycles. The molecule has 0 saturated heterocycles. The van der Waals surface area contributed by atoms with Crippen molar-refractivity contribution < 1.29 is 5.11 Å². The second-order valence-corrected chi connectivity index (χ2v) is 9.52. The molecule has 0 amide bonds. The van der Waals surface area contributed by atoms with Crippen LogP contribution in [0.5, 0.6) is 5.75 Å². The Morgan fingerprint density at radius 2 is 1.85 bits per heavy atom. The van der Waals surface area contributed by atoms with Gasteiger partial charge >= 0.3 is 0 Å². The first-order valence-electron chi connectivity index (χ1n) is 9.66. The Hall–Kier alpha value is -1.37. The van der Waals surface area contributed by atoms with Gasteiger partial charge in [0, 0.05) is 17.3 Å². The van der Waals surface area contributed by atoms with Gasteiger partial charge in [0.05, 0.1) is 0 Å². The normalized spacial score (nSPS) is 14.3. The van der Waals surface area contributed by atoms with Crippen molar-refractivity contribution in [2.45, 2.75) is 59.2 Å². The number of hydrogen-bond donors (Lipinski definition) is 1. The molecule has 1 N–H and O–H groups in total. The second kappa shape index (κ2) is 9.02. The van der Waals surface area contributed by atoms with Gasteiger partial charge in [-0.25, -0.2) is 0 Å². The number of nitrogens with zero attached hydrogens (tertiary/aromatic N) is 1. The molecule has 0 aliphatic heterocycles. The smallest absolute Gasteiger partial charge is 0.119 e. The molecule has 3 heteroatoms. The first kappa shape index (κ1) is 20.9. The largest absolute Gasteiger partial charge is 0.508 e. The summed E-state index contributed by atoms with van der Waals surface area (Å²) in [6, 6.07) is 12.7. The lowest BCUT2D eigenvalue weighted by atomic mass is 9.93. The molecule has 0 bridgehead atoms. The molecule has 0 spiro atoms. The second-order valence-electron chi connectivity index (χ2n) is 7.67. The molecule has 0 fully saturated rings. The third kappa shape index (κ3) is 4.87. The molecule has 2 unspecified atom stereocenters. The zero-order valence-electron chi connectivity index (χ0n) is 17.2. The van der Waals surface area contributed by atoms with Gasteiger partial charge in [-0.1, -0.05) is 71.7 Å². The van der Waals surface area contributed by atoms with E-state index in [1.165, 1.54) is 22.0 Å². The zero-order chi connectivity index (χ0) is 19.3. The number of aromatic hydroxyl groups is 1. The van der Waals surface area contributed by atoms with E-state index in [-0.39, 0.29) is 5.16 Å². The summed E-state index contributed by atoms with van der Waals surface area (Å²) in [4.78, 5) is 2.35. The monoisotopic (exact) mass is 371 g/mol. The maximum atomic E-state index is 10.6. The van der Waals surface area contributed by atoms with Crippen molar-refractivity contribution >= 4 is 13.9 Å². The Bertz CT molecular complexity index is 743. The van der Waals surface area contributed by atoms with Crippen LogP contribution in [0.3, 0.4) is 0 Å². The first-order chi connectivity index (χ1) is 12.3. The van der Waals surface area contributed by atoms with Crippen LogP contribution >= 0.6 is 8.58 Å². The molecular formula is C23H34NOP. The summed E-state index contributed by atoms with van der Waals surface area (Å²) < 4.78 is 0. The Labute approximate surface area is 161 Å². The van der Waals surface area contributed by atoms with Gasteiger partial charge in [0.15, 0.2) is 0 Å². The molecule has 0 aliphatic rings. The minimum absolute atomic E-state index is 0.0451. The number of rotatable bonds is 8. The lowest BCUT2D eigenvalue weighted by Gasteiger charge is -2.33. The lowest BCUT2D eigenvalue weighted by molar-refractivity contribution is 0.346. The number of benzene rings is 2. The third-order valence-corrected chi connectivity index (χ3v) is 7.27. The van der Waals surface area contributed by atoms with Crippen LogP contribution in [0, 0.1) is 13.8 Å². The Kier molecular flexibility index (Phi) is 7.26. The van der Waals surface area contributed by atoms with E-state index in [0.717, 1.165) is 31.5 Å². The van der Waals surface area contributed by atoms with Crippen LogP contribution in [0.25, 0.3) is 0 Å². The molecule has 2 atom stereocenters. The molecule has 2 nitrogen and oxygen atoms in total. The number of hydrogen-bond acceptors (Lipinski definition) is 2. The Morgan fingerprint density at radius 1 is 1.12 bits per heavy atom. The van der Waals surface area contributed by atoms with E-state index in [9.17, 15) is 5.11 Å². The lowest BCUT2D eigenvalue weighted by Crippen LogP contribution is -2.25. The van der Waals surface area contributed by atoms with Gasteiger partial charge in [-0.3, -0.25) is 0 Å². The van der Waals surface area contributed by atoms with E-state index in [1.807, 2.05) is 12.1 Å². The van der Waals surface area contributed by atoms with Crippen LogP contribution in [0.15, 0.2) is 36.4 Å². The van der Waals surface area contributed by atoms with Gasteiger partial charge < -0.3 is 10.0 Å². The Morgan fingerprint density at radius 3 is 2.50 bits per heavy atom. The summed E-state index contributed by atoms with van der Waals surface area (Å²) >= 11 is 0. The summed E-state index contributed by atoms with van der Waals surface area (Å²) in [5.41, 5.74) is 5.08. The molecule has 2 rings (SSSR count). The standard InChI is InChI=1S/C23H34NOP/c1-7-14-23(5,20-15-17(3)12-13-21(20)25)26-22-18(4)10-9-11-19(22)16-24(6)8-2/h9-13,15,25-26H,7-8,14,16H2,1-6H3. The number of aryl methyl sites for hydroxylation is 2. The van der Waals surface area contributed by atoms with E-state index in [2.05, 4.69) is 70.8 Å². The highest BCUT2D eigenvalue weighted by Crippen LogP contribution is 2.48. The maximum Gasteiger partial charge on any atom is 0.119 e. The molecule has 2 aromatic carbocycles. The van der Waals surface area contributed by atoms with Gasteiger partial charge in [-0.2, -0.15) is 0 Å². The van der Waals surface area contributed by atoms with E-state index in [0.29, 0.717) is 14.3 Å². The average Bonchev–Trinajstić information content (AvgIpc) is 2.60. The average molecular weight is 372 g/mol. The van der Waals surface area contributed by atoms with Crippen molar-refractivity contribution in [3.05, 3.63) is 58.7 Å². The van der Waals surface area contributed by atoms with Crippen molar-refractivity contribution in [2.24, 2.45) is 0 Å². The predicted molar refractivity (Wildman–Crippen MR) is 116 cm³/mol. The summed E-state index contributed by atoms with van der Waals surface area (Å²) in [5, 5.41) is 12.0. The molecule has 142 valence electrons. The summed E-state index contributed by atoms with van der Waals surface area (Å²) in [7, 11) is 2.81. The molecule has 0 saturated carbocycles. The number of phenolic OH excluding ortho intramolecular Hbond substituents is 1. The third-order valence-electron chi connectivity index (χ3n) is 5.24. The minimum atomic E-state index is -0.0451. The number of phenols is 1. The minimum Gasteiger partial charge on any atom is -0.508 e. The molecular weight excluding hydrogens is 337 g/mol. The highest BCUT2D eigenvalue weighted by Gasteiger charge is 2.30. The highest BCUT2D eigenvalue weighted by molar-refractivity contribution is 7.48. The van der Waals surface area contributed by atoms with Crippen LogP contribution in [-0.2, 0) is 11.7 Å². The fraction of sp³-hybridized carbons (Fsp3) is 0.478. The van der Waals surface area contributed by atoms with Crippen LogP contribution in [0.1, 0.15) is 55.9 Å². The van der Waals surface area contributed by atoms with E-state index >= 15 is 0 Å². The predicted octanol–water partition coefficient (Wildman–Crippen LogP) is 5.48. The van der Waals surface area contributed by atoms with Gasteiger partial charge in [0.1, 0.15) is 5.75 Å². The quantitative estimate of drug-likeness (QED) is 0.621. The SMILES string of the molecule is CCCC(C)(Pc1c(C)cccc1CN(C)CC)c1cc(C)ccc1O. The molecule has 0 radical (unpaired) electrons. The van der Waals surface area contributed by atoms with Crippen molar-refractivity contribution in [3.63, 3.8) is 0 Å². The van der Waals surface area contributed by atoms with Crippen molar-refractivity contribution in [1.82, 2.24) is 4.90 Å². The first-order valence-corrected chi connectivity index (χ1v) is 10.7.